The van der Waals surface area contributed by atoms with E-state index in [-0.39, 0.29) is 11.7 Å². The first-order valence-corrected chi connectivity index (χ1v) is 8.21. The van der Waals surface area contributed by atoms with Crippen LogP contribution in [0.25, 0.3) is 0 Å². The molecule has 9 nitrogen and oxygen atoms in total. The first kappa shape index (κ1) is 17.2. The standard InChI is InChI=1S/C16H21N5O4/c1-10-9-12(20-25-10)18-16(23)14-19-13(15(22)17-6-8-24-2)11-5-3-4-7-21(11)14/h9H,3-8H2,1-2H3,(H,17,22)(H,18,20,23). The number of fused-ring (bicyclic) bond motifs is 1. The smallest absolute Gasteiger partial charge is 0.292 e. The number of nitrogens with one attached hydrogen (secondary N) is 2. The van der Waals surface area contributed by atoms with Gasteiger partial charge in [-0.3, -0.25) is 9.59 Å². The molecule has 0 saturated carbocycles. The van der Waals surface area contributed by atoms with Gasteiger partial charge in [-0.2, -0.15) is 0 Å². The minimum atomic E-state index is -0.410. The van der Waals surface area contributed by atoms with Crippen LogP contribution < -0.4 is 10.6 Å². The molecule has 1 aliphatic rings. The highest BCUT2D eigenvalue weighted by molar-refractivity contribution is 6.03. The van der Waals surface area contributed by atoms with Crippen molar-refractivity contribution in [1.82, 2.24) is 20.0 Å². The Morgan fingerprint density at radius 2 is 2.20 bits per heavy atom. The maximum Gasteiger partial charge on any atom is 0.292 e. The SMILES string of the molecule is COCCNC(=O)c1nc(C(=O)Nc2cc(C)on2)n2c1CCCC2. The van der Waals surface area contributed by atoms with Gasteiger partial charge in [-0.25, -0.2) is 4.98 Å². The molecule has 2 aromatic heterocycles. The van der Waals surface area contributed by atoms with E-state index in [2.05, 4.69) is 20.8 Å². The molecule has 0 atom stereocenters. The van der Waals surface area contributed by atoms with E-state index in [1.54, 1.807) is 20.1 Å². The summed E-state index contributed by atoms with van der Waals surface area (Å²) in [6, 6.07) is 1.62. The summed E-state index contributed by atoms with van der Waals surface area (Å²) in [5.41, 5.74) is 1.10. The summed E-state index contributed by atoms with van der Waals surface area (Å²) >= 11 is 0. The lowest BCUT2D eigenvalue weighted by atomic mass is 10.1. The number of amides is 2. The topological polar surface area (TPSA) is 111 Å². The first-order valence-electron chi connectivity index (χ1n) is 8.21. The van der Waals surface area contributed by atoms with E-state index in [1.807, 2.05) is 4.57 Å². The van der Waals surface area contributed by atoms with E-state index in [0.29, 0.717) is 37.0 Å². The Kier molecular flexibility index (Phi) is 5.13. The summed E-state index contributed by atoms with van der Waals surface area (Å²) in [4.78, 5) is 29.3. The van der Waals surface area contributed by atoms with Crippen molar-refractivity contribution in [2.24, 2.45) is 0 Å². The second-order valence-corrected chi connectivity index (χ2v) is 5.87. The maximum atomic E-state index is 12.6. The van der Waals surface area contributed by atoms with Crippen molar-refractivity contribution in [3.63, 3.8) is 0 Å². The lowest BCUT2D eigenvalue weighted by molar-refractivity contribution is 0.0931. The maximum absolute atomic E-state index is 12.6. The zero-order valence-electron chi connectivity index (χ0n) is 14.3. The molecular weight excluding hydrogens is 326 g/mol. The summed E-state index contributed by atoms with van der Waals surface area (Å²) in [7, 11) is 1.57. The molecule has 0 aromatic carbocycles. The van der Waals surface area contributed by atoms with Gasteiger partial charge in [0.25, 0.3) is 11.8 Å². The van der Waals surface area contributed by atoms with Crippen LogP contribution in [0.2, 0.25) is 0 Å². The lowest BCUT2D eigenvalue weighted by Gasteiger charge is -2.16. The normalized spacial score (nSPS) is 13.4. The molecule has 0 saturated heterocycles. The second-order valence-electron chi connectivity index (χ2n) is 5.87. The van der Waals surface area contributed by atoms with Gasteiger partial charge in [0, 0.05) is 26.3 Å². The number of nitrogens with zero attached hydrogens (tertiary/aromatic N) is 3. The number of ether oxygens (including phenoxy) is 1. The molecule has 0 fully saturated rings. The third kappa shape index (κ3) is 3.71. The van der Waals surface area contributed by atoms with Crippen LogP contribution in [0.5, 0.6) is 0 Å². The number of rotatable bonds is 6. The fourth-order valence-electron chi connectivity index (χ4n) is 2.85. The molecule has 3 rings (SSSR count). The van der Waals surface area contributed by atoms with Gasteiger partial charge in [0.15, 0.2) is 11.6 Å². The molecular formula is C16H21N5O4. The van der Waals surface area contributed by atoms with Crippen LogP contribution in [0.15, 0.2) is 10.6 Å². The van der Waals surface area contributed by atoms with Crippen LogP contribution in [0.3, 0.4) is 0 Å². The number of carbonyl (C=O) groups is 2. The molecule has 0 spiro atoms. The first-order chi connectivity index (χ1) is 12.1. The van der Waals surface area contributed by atoms with Crippen LogP contribution in [-0.2, 0) is 17.7 Å². The van der Waals surface area contributed by atoms with Crippen molar-refractivity contribution < 1.29 is 18.8 Å². The zero-order valence-corrected chi connectivity index (χ0v) is 14.3. The van der Waals surface area contributed by atoms with E-state index in [1.165, 1.54) is 0 Å². The van der Waals surface area contributed by atoms with Gasteiger partial charge in [0.1, 0.15) is 11.5 Å². The van der Waals surface area contributed by atoms with Crippen LogP contribution in [0.1, 0.15) is 45.4 Å². The van der Waals surface area contributed by atoms with Crippen molar-refractivity contribution in [3.05, 3.63) is 29.0 Å². The molecule has 0 aliphatic carbocycles. The minimum Gasteiger partial charge on any atom is -0.383 e. The van der Waals surface area contributed by atoms with Crippen molar-refractivity contribution in [2.45, 2.75) is 32.7 Å². The van der Waals surface area contributed by atoms with E-state index in [0.717, 1.165) is 25.0 Å². The molecule has 0 unspecified atom stereocenters. The van der Waals surface area contributed by atoms with Gasteiger partial charge >= 0.3 is 0 Å². The number of anilines is 1. The quantitative estimate of drug-likeness (QED) is 0.758. The molecule has 0 bridgehead atoms. The summed E-state index contributed by atoms with van der Waals surface area (Å²) < 4.78 is 11.7. The highest BCUT2D eigenvalue weighted by Gasteiger charge is 2.27. The largest absolute Gasteiger partial charge is 0.383 e. The van der Waals surface area contributed by atoms with Crippen molar-refractivity contribution in [2.75, 3.05) is 25.6 Å². The Bertz CT molecular complexity index is 780. The molecule has 2 N–H and O–H groups in total. The molecule has 25 heavy (non-hydrogen) atoms. The minimum absolute atomic E-state index is 0.215. The van der Waals surface area contributed by atoms with Crippen LogP contribution in [0.4, 0.5) is 5.82 Å². The van der Waals surface area contributed by atoms with Crippen molar-refractivity contribution in [1.29, 1.82) is 0 Å². The molecule has 2 aromatic rings. The molecule has 3 heterocycles. The van der Waals surface area contributed by atoms with Gasteiger partial charge in [-0.05, 0) is 26.2 Å². The number of carbonyl (C=O) groups excluding carboxylic acids is 2. The predicted molar refractivity (Wildman–Crippen MR) is 88.6 cm³/mol. The number of aromatic nitrogens is 3. The molecule has 2 amide bonds. The molecule has 1 aliphatic heterocycles. The van der Waals surface area contributed by atoms with E-state index >= 15 is 0 Å². The third-order valence-corrected chi connectivity index (χ3v) is 4.00. The Balaban J connectivity index is 1.83. The van der Waals surface area contributed by atoms with Gasteiger partial charge in [0.05, 0.1) is 12.3 Å². The average Bonchev–Trinajstić information content (AvgIpc) is 3.18. The van der Waals surface area contributed by atoms with Crippen LogP contribution in [-0.4, -0.2) is 46.8 Å². The summed E-state index contributed by atoms with van der Waals surface area (Å²) in [5, 5.41) is 9.16. The van der Waals surface area contributed by atoms with Gasteiger partial charge in [-0.1, -0.05) is 5.16 Å². The van der Waals surface area contributed by atoms with E-state index < -0.39 is 5.91 Å². The number of imidazole rings is 1. The summed E-state index contributed by atoms with van der Waals surface area (Å²) in [5.74, 6) is 0.430. The highest BCUT2D eigenvalue weighted by atomic mass is 16.5. The molecule has 0 radical (unpaired) electrons. The Morgan fingerprint density at radius 1 is 1.36 bits per heavy atom. The third-order valence-electron chi connectivity index (χ3n) is 4.00. The zero-order chi connectivity index (χ0) is 17.8. The number of aryl methyl sites for hydroxylation is 1. The monoisotopic (exact) mass is 347 g/mol. The number of hydrogen-bond donors (Lipinski definition) is 2. The molecule has 134 valence electrons. The van der Waals surface area contributed by atoms with Crippen molar-refractivity contribution in [3.8, 4) is 0 Å². The van der Waals surface area contributed by atoms with Crippen LogP contribution in [0, 0.1) is 6.92 Å². The lowest BCUT2D eigenvalue weighted by Crippen LogP contribution is -2.28. The predicted octanol–water partition coefficient (Wildman–Crippen LogP) is 1.14. The van der Waals surface area contributed by atoms with E-state index in [9.17, 15) is 9.59 Å². The van der Waals surface area contributed by atoms with Gasteiger partial charge in [0.2, 0.25) is 0 Å². The van der Waals surface area contributed by atoms with Gasteiger partial charge < -0.3 is 24.5 Å². The number of methoxy groups -OCH3 is 1. The van der Waals surface area contributed by atoms with Gasteiger partial charge in [-0.15, -0.1) is 0 Å². The highest BCUT2D eigenvalue weighted by Crippen LogP contribution is 2.22. The summed E-state index contributed by atoms with van der Waals surface area (Å²) in [6.45, 7) is 3.21. The summed E-state index contributed by atoms with van der Waals surface area (Å²) in [6.07, 6.45) is 2.63. The van der Waals surface area contributed by atoms with Crippen molar-refractivity contribution >= 4 is 17.6 Å². The van der Waals surface area contributed by atoms with E-state index in [4.69, 9.17) is 9.26 Å². The Hall–Kier alpha value is -2.68. The second kappa shape index (κ2) is 7.47. The fraction of sp³-hybridized carbons (Fsp3) is 0.500. The number of hydrogen-bond acceptors (Lipinski definition) is 6. The average molecular weight is 347 g/mol. The molecule has 9 heteroatoms. The fourth-order valence-corrected chi connectivity index (χ4v) is 2.85. The van der Waals surface area contributed by atoms with Crippen LogP contribution >= 0.6 is 0 Å². The Morgan fingerprint density at radius 3 is 2.92 bits per heavy atom. The Labute approximate surface area is 144 Å².